The predicted octanol–water partition coefficient (Wildman–Crippen LogP) is 2.66. The molecule has 0 heterocycles. The van der Waals surface area contributed by atoms with Crippen LogP contribution in [0.1, 0.15) is 15.9 Å². The van der Waals surface area contributed by atoms with Gasteiger partial charge in [-0.1, -0.05) is 48.4 Å². The fraction of sp³-hybridized carbons (Fsp3) is 0.0476. The molecule has 0 fully saturated rings. The van der Waals surface area contributed by atoms with Crippen molar-refractivity contribution in [1.29, 1.82) is 0 Å². The van der Waals surface area contributed by atoms with Crippen LogP contribution in [0.4, 0.5) is 5.69 Å². The zero-order valence-corrected chi connectivity index (χ0v) is 13.8. The Bertz CT molecular complexity index is 1000. The van der Waals surface area contributed by atoms with Crippen molar-refractivity contribution >= 4 is 28.6 Å². The lowest BCUT2D eigenvalue weighted by Crippen LogP contribution is -2.21. The van der Waals surface area contributed by atoms with E-state index in [0.29, 0.717) is 11.4 Å². The Morgan fingerprint density at radius 3 is 2.65 bits per heavy atom. The highest BCUT2D eigenvalue weighted by Gasteiger charge is 2.06. The van der Waals surface area contributed by atoms with Crippen LogP contribution in [0.3, 0.4) is 0 Å². The zero-order chi connectivity index (χ0) is 18.4. The second-order valence-corrected chi connectivity index (χ2v) is 5.43. The van der Waals surface area contributed by atoms with Crippen LogP contribution in [0.25, 0.3) is 10.8 Å². The van der Waals surface area contributed by atoms with Gasteiger partial charge in [-0.2, -0.15) is 5.10 Å². The number of ether oxygens (including phenoxy) is 1. The number of benzene rings is 3. The number of terminal acetylenes is 1. The average Bonchev–Trinajstić information content (AvgIpc) is 2.67. The number of fused-ring (bicyclic) bond motifs is 1. The van der Waals surface area contributed by atoms with Crippen molar-refractivity contribution in [2.75, 3.05) is 12.0 Å². The number of carboxylic acids is 1. The first-order chi connectivity index (χ1) is 12.7. The van der Waals surface area contributed by atoms with Crippen molar-refractivity contribution in [3.63, 3.8) is 0 Å². The first-order valence-corrected chi connectivity index (χ1v) is 7.87. The van der Waals surface area contributed by atoms with Crippen molar-refractivity contribution in [3.8, 4) is 18.1 Å². The number of carbonyl (C=O) groups excluding carboxylic acids is 1. The smallest absolute Gasteiger partial charge is 0.148 e. The molecule has 0 bridgehead atoms. The van der Waals surface area contributed by atoms with Crippen molar-refractivity contribution in [1.82, 2.24) is 0 Å². The molecular weight excluding hydrogens is 328 g/mol. The summed E-state index contributed by atoms with van der Waals surface area (Å²) in [4.78, 5) is 10.8. The molecule has 0 aliphatic heterocycles. The summed E-state index contributed by atoms with van der Waals surface area (Å²) < 4.78 is 5.61. The highest BCUT2D eigenvalue weighted by atomic mass is 16.5. The first kappa shape index (κ1) is 17.1. The lowest BCUT2D eigenvalue weighted by atomic mass is 10.0. The molecule has 3 aromatic carbocycles. The van der Waals surface area contributed by atoms with Gasteiger partial charge in [0.2, 0.25) is 0 Å². The monoisotopic (exact) mass is 343 g/mol. The minimum atomic E-state index is -1.22. The maximum atomic E-state index is 10.8. The third kappa shape index (κ3) is 3.82. The Morgan fingerprint density at radius 1 is 1.15 bits per heavy atom. The number of carbonyl (C=O) groups is 1. The number of anilines is 1. The Hall–Kier alpha value is -3.78. The molecular formula is C21H15N2O3-. The van der Waals surface area contributed by atoms with Gasteiger partial charge in [-0.15, -0.1) is 6.42 Å². The van der Waals surface area contributed by atoms with Crippen LogP contribution >= 0.6 is 0 Å². The molecule has 128 valence electrons. The van der Waals surface area contributed by atoms with Gasteiger partial charge in [-0.25, -0.2) is 0 Å². The molecule has 1 N–H and O–H groups in total. The van der Waals surface area contributed by atoms with Crippen LogP contribution < -0.4 is 15.3 Å². The minimum Gasteiger partial charge on any atom is -0.545 e. The normalized spacial score (nSPS) is 10.6. The number of aromatic carboxylic acids is 1. The topological polar surface area (TPSA) is 73.8 Å². The van der Waals surface area contributed by atoms with Crippen LogP contribution in [0.5, 0.6) is 5.75 Å². The van der Waals surface area contributed by atoms with Crippen LogP contribution in [-0.4, -0.2) is 18.8 Å². The van der Waals surface area contributed by atoms with Crippen LogP contribution in [0.2, 0.25) is 0 Å². The van der Waals surface area contributed by atoms with E-state index in [9.17, 15) is 9.90 Å². The van der Waals surface area contributed by atoms with Crippen LogP contribution in [-0.2, 0) is 0 Å². The van der Waals surface area contributed by atoms with E-state index in [1.54, 1.807) is 18.3 Å². The summed E-state index contributed by atoms with van der Waals surface area (Å²) in [6.45, 7) is 0.164. The Kier molecular flexibility index (Phi) is 5.16. The standard InChI is InChI=1S/C21H16N2O3/c1-2-13-26-20-12-9-15-5-3-4-6-18(15)19(20)14-22-23-17-10-7-16(8-11-17)21(24)25/h1,3-12,14,23H,13H2,(H,24,25)/p-1/b22-14-. The lowest BCUT2D eigenvalue weighted by Gasteiger charge is -2.10. The largest absolute Gasteiger partial charge is 0.545 e. The van der Waals surface area contributed by atoms with E-state index in [4.69, 9.17) is 11.2 Å². The van der Waals surface area contributed by atoms with E-state index in [1.165, 1.54) is 12.1 Å². The van der Waals surface area contributed by atoms with Gasteiger partial charge in [0, 0.05) is 5.56 Å². The molecule has 0 aliphatic rings. The van der Waals surface area contributed by atoms with Crippen molar-refractivity contribution < 1.29 is 14.6 Å². The Balaban J connectivity index is 1.87. The summed E-state index contributed by atoms with van der Waals surface area (Å²) in [5.41, 5.74) is 4.43. The molecule has 0 radical (unpaired) electrons. The number of nitrogens with one attached hydrogen (secondary N) is 1. The van der Waals surface area contributed by atoms with Crippen LogP contribution in [0, 0.1) is 12.3 Å². The second-order valence-electron chi connectivity index (χ2n) is 5.43. The third-order valence-corrected chi connectivity index (χ3v) is 3.75. The maximum Gasteiger partial charge on any atom is 0.148 e. The minimum absolute atomic E-state index is 0.110. The summed E-state index contributed by atoms with van der Waals surface area (Å²) in [5.74, 6) is 1.87. The zero-order valence-electron chi connectivity index (χ0n) is 13.8. The summed E-state index contributed by atoms with van der Waals surface area (Å²) in [7, 11) is 0. The van der Waals surface area contributed by atoms with Crippen molar-refractivity contribution in [3.05, 3.63) is 71.8 Å². The Labute approximate surface area is 150 Å². The van der Waals surface area contributed by atoms with Gasteiger partial charge < -0.3 is 14.6 Å². The van der Waals surface area contributed by atoms with Gasteiger partial charge in [-0.05, 0) is 34.5 Å². The molecule has 5 nitrogen and oxygen atoms in total. The number of nitrogens with zero attached hydrogens (tertiary/aromatic N) is 1. The number of hydrazone groups is 1. The molecule has 0 aromatic heterocycles. The van der Waals surface area contributed by atoms with Crippen molar-refractivity contribution in [2.24, 2.45) is 5.10 Å². The number of carboxylic acid groups (broad SMARTS) is 1. The number of rotatable bonds is 6. The molecule has 0 spiro atoms. The van der Waals surface area contributed by atoms with E-state index < -0.39 is 5.97 Å². The van der Waals surface area contributed by atoms with Crippen molar-refractivity contribution in [2.45, 2.75) is 0 Å². The number of hydrogen-bond acceptors (Lipinski definition) is 5. The average molecular weight is 343 g/mol. The van der Waals surface area contributed by atoms with Gasteiger partial charge in [0.05, 0.1) is 17.9 Å². The molecule has 26 heavy (non-hydrogen) atoms. The Morgan fingerprint density at radius 2 is 1.92 bits per heavy atom. The molecule has 3 aromatic rings. The van der Waals surface area contributed by atoms with Gasteiger partial charge in [0.15, 0.2) is 0 Å². The highest BCUT2D eigenvalue weighted by molar-refractivity contribution is 6.02. The quantitative estimate of drug-likeness (QED) is 0.424. The first-order valence-electron chi connectivity index (χ1n) is 7.87. The highest BCUT2D eigenvalue weighted by Crippen LogP contribution is 2.26. The lowest BCUT2D eigenvalue weighted by molar-refractivity contribution is -0.255. The molecule has 0 amide bonds. The van der Waals surface area contributed by atoms with Gasteiger partial charge in [0.1, 0.15) is 12.4 Å². The maximum absolute atomic E-state index is 10.8. The summed E-state index contributed by atoms with van der Waals surface area (Å²) in [6, 6.07) is 17.8. The molecule has 0 saturated carbocycles. The van der Waals surface area contributed by atoms with Gasteiger partial charge in [0.25, 0.3) is 0 Å². The fourth-order valence-corrected chi connectivity index (χ4v) is 2.51. The molecule has 3 rings (SSSR count). The summed E-state index contributed by atoms with van der Waals surface area (Å²) in [5, 5.41) is 17.0. The van der Waals surface area contributed by atoms with E-state index >= 15 is 0 Å². The molecule has 0 unspecified atom stereocenters. The number of hydrogen-bond donors (Lipinski definition) is 1. The molecule has 0 saturated heterocycles. The molecule has 0 aliphatic carbocycles. The molecule has 0 atom stereocenters. The van der Waals surface area contributed by atoms with Crippen LogP contribution in [0.15, 0.2) is 65.8 Å². The summed E-state index contributed by atoms with van der Waals surface area (Å²) in [6.07, 6.45) is 6.94. The van der Waals surface area contributed by atoms with E-state index in [-0.39, 0.29) is 12.2 Å². The van der Waals surface area contributed by atoms with Gasteiger partial charge in [-0.3, -0.25) is 5.43 Å². The van der Waals surface area contributed by atoms with E-state index in [2.05, 4.69) is 16.4 Å². The third-order valence-electron chi connectivity index (χ3n) is 3.75. The predicted molar refractivity (Wildman–Crippen MR) is 100 cm³/mol. The second kappa shape index (κ2) is 7.86. The summed E-state index contributed by atoms with van der Waals surface area (Å²) >= 11 is 0. The van der Waals surface area contributed by atoms with Gasteiger partial charge >= 0.3 is 0 Å². The van der Waals surface area contributed by atoms with E-state index in [1.807, 2.05) is 36.4 Å². The molecule has 5 heteroatoms. The fourth-order valence-electron chi connectivity index (χ4n) is 2.51. The SMILES string of the molecule is C#CCOc1ccc2ccccc2c1/C=N\Nc1ccc(C(=O)[O-])cc1. The van der Waals surface area contributed by atoms with E-state index in [0.717, 1.165) is 16.3 Å².